The van der Waals surface area contributed by atoms with Crippen molar-refractivity contribution in [2.75, 3.05) is 33.3 Å². The standard InChI is InChI=1S/C21H25ClN2O2/c1-26-21(25)20(18-10-5-6-11-19(18)22)24-13-7-12-23(14-15-24)16-17-8-3-2-4-9-17/h2-6,8-11,20H,7,12-16H2,1H3. The van der Waals surface area contributed by atoms with Gasteiger partial charge in [0.15, 0.2) is 0 Å². The summed E-state index contributed by atoms with van der Waals surface area (Å²) < 4.78 is 5.09. The van der Waals surface area contributed by atoms with Gasteiger partial charge in [-0.15, -0.1) is 0 Å². The minimum Gasteiger partial charge on any atom is -0.468 e. The number of esters is 1. The van der Waals surface area contributed by atoms with Gasteiger partial charge in [-0.1, -0.05) is 60.1 Å². The number of rotatable bonds is 5. The van der Waals surface area contributed by atoms with Crippen molar-refractivity contribution >= 4 is 17.6 Å². The van der Waals surface area contributed by atoms with Crippen LogP contribution in [0.15, 0.2) is 54.6 Å². The smallest absolute Gasteiger partial charge is 0.327 e. The zero-order valence-corrected chi connectivity index (χ0v) is 15.9. The molecule has 5 heteroatoms. The highest BCUT2D eigenvalue weighted by molar-refractivity contribution is 6.31. The molecule has 1 saturated heterocycles. The molecule has 0 aliphatic carbocycles. The molecule has 1 aliphatic rings. The molecular formula is C21H25ClN2O2. The van der Waals surface area contributed by atoms with E-state index in [1.807, 2.05) is 30.3 Å². The number of benzene rings is 2. The number of hydrogen-bond acceptors (Lipinski definition) is 4. The minimum atomic E-state index is -0.453. The van der Waals surface area contributed by atoms with Gasteiger partial charge in [0.1, 0.15) is 6.04 Å². The summed E-state index contributed by atoms with van der Waals surface area (Å²) in [6.45, 7) is 4.51. The van der Waals surface area contributed by atoms with E-state index in [2.05, 4.69) is 34.1 Å². The van der Waals surface area contributed by atoms with E-state index in [9.17, 15) is 4.79 Å². The van der Waals surface area contributed by atoms with Crippen LogP contribution < -0.4 is 0 Å². The summed E-state index contributed by atoms with van der Waals surface area (Å²) in [5, 5.41) is 0.605. The number of halogens is 1. The van der Waals surface area contributed by atoms with Crippen LogP contribution in [-0.4, -0.2) is 49.1 Å². The quantitative estimate of drug-likeness (QED) is 0.748. The van der Waals surface area contributed by atoms with Gasteiger partial charge in [-0.05, 0) is 30.2 Å². The Hall–Kier alpha value is -1.88. The lowest BCUT2D eigenvalue weighted by atomic mass is 10.0. The average molecular weight is 373 g/mol. The maximum atomic E-state index is 12.5. The van der Waals surface area contributed by atoms with E-state index in [1.165, 1.54) is 12.7 Å². The Morgan fingerprint density at radius 3 is 2.50 bits per heavy atom. The highest BCUT2D eigenvalue weighted by Crippen LogP contribution is 2.29. The van der Waals surface area contributed by atoms with Gasteiger partial charge in [0.05, 0.1) is 7.11 Å². The van der Waals surface area contributed by atoms with Crippen molar-refractivity contribution < 1.29 is 9.53 Å². The van der Waals surface area contributed by atoms with Gasteiger partial charge < -0.3 is 4.74 Å². The molecular weight excluding hydrogens is 348 g/mol. The summed E-state index contributed by atoms with van der Waals surface area (Å²) in [5.74, 6) is -0.255. The maximum Gasteiger partial charge on any atom is 0.327 e. The average Bonchev–Trinajstić information content (AvgIpc) is 2.90. The Morgan fingerprint density at radius 2 is 1.77 bits per heavy atom. The Balaban J connectivity index is 1.73. The predicted molar refractivity (Wildman–Crippen MR) is 104 cm³/mol. The molecule has 3 rings (SSSR count). The Kier molecular flexibility index (Phi) is 6.67. The van der Waals surface area contributed by atoms with Gasteiger partial charge in [0.25, 0.3) is 0 Å². The molecule has 0 radical (unpaired) electrons. The fourth-order valence-electron chi connectivity index (χ4n) is 3.53. The molecule has 0 bridgehead atoms. The van der Waals surface area contributed by atoms with Crippen LogP contribution in [0.25, 0.3) is 0 Å². The van der Waals surface area contributed by atoms with E-state index >= 15 is 0 Å². The molecule has 1 unspecified atom stereocenters. The molecule has 26 heavy (non-hydrogen) atoms. The van der Waals surface area contributed by atoms with Gasteiger partial charge in [-0.25, -0.2) is 4.79 Å². The van der Waals surface area contributed by atoms with Gasteiger partial charge in [0, 0.05) is 31.2 Å². The molecule has 0 N–H and O–H groups in total. The molecule has 0 saturated carbocycles. The maximum absolute atomic E-state index is 12.5. The zero-order chi connectivity index (χ0) is 18.4. The fraction of sp³-hybridized carbons (Fsp3) is 0.381. The number of ether oxygens (including phenoxy) is 1. The lowest BCUT2D eigenvalue weighted by molar-refractivity contribution is -0.147. The molecule has 4 nitrogen and oxygen atoms in total. The van der Waals surface area contributed by atoms with Crippen LogP contribution in [0.5, 0.6) is 0 Å². The van der Waals surface area contributed by atoms with Gasteiger partial charge in [-0.3, -0.25) is 9.80 Å². The van der Waals surface area contributed by atoms with E-state index in [0.29, 0.717) is 5.02 Å². The molecule has 0 spiro atoms. The van der Waals surface area contributed by atoms with Gasteiger partial charge in [-0.2, -0.15) is 0 Å². The van der Waals surface area contributed by atoms with Crippen LogP contribution in [0, 0.1) is 0 Å². The van der Waals surface area contributed by atoms with E-state index in [-0.39, 0.29) is 5.97 Å². The van der Waals surface area contributed by atoms with E-state index in [0.717, 1.165) is 44.7 Å². The van der Waals surface area contributed by atoms with Crippen molar-refractivity contribution in [3.8, 4) is 0 Å². The van der Waals surface area contributed by atoms with Crippen LogP contribution in [-0.2, 0) is 16.1 Å². The van der Waals surface area contributed by atoms with Crippen molar-refractivity contribution in [1.29, 1.82) is 0 Å². The SMILES string of the molecule is COC(=O)C(c1ccccc1Cl)N1CCCN(Cc2ccccc2)CC1. The molecule has 2 aromatic rings. The third kappa shape index (κ3) is 4.64. The number of nitrogens with zero attached hydrogens (tertiary/aromatic N) is 2. The third-order valence-corrected chi connectivity index (χ3v) is 5.21. The molecule has 1 aliphatic heterocycles. The second kappa shape index (κ2) is 9.17. The molecule has 1 atom stereocenters. The predicted octanol–water partition coefficient (Wildman–Crippen LogP) is 3.76. The lowest BCUT2D eigenvalue weighted by Crippen LogP contribution is -2.38. The number of carbonyl (C=O) groups excluding carboxylic acids is 1. The molecule has 2 aromatic carbocycles. The van der Waals surface area contributed by atoms with E-state index in [1.54, 1.807) is 0 Å². The summed E-state index contributed by atoms with van der Waals surface area (Å²) in [6, 6.07) is 17.6. The molecule has 0 amide bonds. The summed E-state index contributed by atoms with van der Waals surface area (Å²) in [7, 11) is 1.44. The third-order valence-electron chi connectivity index (χ3n) is 4.86. The monoisotopic (exact) mass is 372 g/mol. The Bertz CT molecular complexity index is 723. The van der Waals surface area contributed by atoms with Crippen molar-refractivity contribution in [3.63, 3.8) is 0 Å². The first kappa shape index (κ1) is 18.9. The van der Waals surface area contributed by atoms with Crippen molar-refractivity contribution in [1.82, 2.24) is 9.80 Å². The van der Waals surface area contributed by atoms with Crippen molar-refractivity contribution in [2.45, 2.75) is 19.0 Å². The largest absolute Gasteiger partial charge is 0.468 e. The first-order chi connectivity index (χ1) is 12.7. The highest BCUT2D eigenvalue weighted by Gasteiger charge is 2.31. The first-order valence-electron chi connectivity index (χ1n) is 9.01. The minimum absolute atomic E-state index is 0.255. The topological polar surface area (TPSA) is 32.8 Å². The second-order valence-electron chi connectivity index (χ2n) is 6.60. The lowest BCUT2D eigenvalue weighted by Gasteiger charge is -2.29. The fourth-order valence-corrected chi connectivity index (χ4v) is 3.77. The molecule has 1 fully saturated rings. The Labute approximate surface area is 160 Å². The van der Waals surface area contributed by atoms with Crippen LogP contribution in [0.1, 0.15) is 23.6 Å². The van der Waals surface area contributed by atoms with Crippen LogP contribution in [0.4, 0.5) is 0 Å². The van der Waals surface area contributed by atoms with E-state index in [4.69, 9.17) is 16.3 Å². The Morgan fingerprint density at radius 1 is 1.04 bits per heavy atom. The van der Waals surface area contributed by atoms with Gasteiger partial charge in [0.2, 0.25) is 0 Å². The normalized spacial score (nSPS) is 17.5. The molecule has 138 valence electrons. The zero-order valence-electron chi connectivity index (χ0n) is 15.1. The summed E-state index contributed by atoms with van der Waals surface area (Å²) >= 11 is 6.37. The first-order valence-corrected chi connectivity index (χ1v) is 9.39. The van der Waals surface area contributed by atoms with Crippen LogP contribution in [0.3, 0.4) is 0 Å². The number of methoxy groups -OCH3 is 1. The van der Waals surface area contributed by atoms with Crippen molar-refractivity contribution in [2.24, 2.45) is 0 Å². The van der Waals surface area contributed by atoms with Crippen LogP contribution in [0.2, 0.25) is 5.02 Å². The van der Waals surface area contributed by atoms with Crippen LogP contribution >= 0.6 is 11.6 Å². The second-order valence-corrected chi connectivity index (χ2v) is 7.01. The molecule has 1 heterocycles. The van der Waals surface area contributed by atoms with Crippen molar-refractivity contribution in [3.05, 3.63) is 70.7 Å². The van der Waals surface area contributed by atoms with Gasteiger partial charge >= 0.3 is 5.97 Å². The summed E-state index contributed by atoms with van der Waals surface area (Å²) in [4.78, 5) is 17.1. The summed E-state index contributed by atoms with van der Waals surface area (Å²) in [5.41, 5.74) is 2.13. The van der Waals surface area contributed by atoms with E-state index < -0.39 is 6.04 Å². The highest BCUT2D eigenvalue weighted by atomic mass is 35.5. The number of carbonyl (C=O) groups is 1. The summed E-state index contributed by atoms with van der Waals surface area (Å²) in [6.07, 6.45) is 1.00. The number of hydrogen-bond donors (Lipinski definition) is 0. The molecule has 0 aromatic heterocycles.